The Morgan fingerprint density at radius 2 is 1.49 bits per heavy atom. The number of benzene rings is 2. The van der Waals surface area contributed by atoms with E-state index in [0.717, 1.165) is 27.6 Å². The van der Waals surface area contributed by atoms with Crippen molar-refractivity contribution < 1.29 is 45.1 Å². The Bertz CT molecular complexity index is 1590. The molecule has 1 fully saturated rings. The monoisotopic (exact) mass is 627 g/mol. The molecule has 0 bridgehead atoms. The predicted octanol–water partition coefficient (Wildman–Crippen LogP) is 6.78. The highest BCUT2D eigenvalue weighted by atomic mass is 32.2. The molecule has 0 radical (unpaired) electrons. The standard InChI is InChI=1S/C29H24F7N3O3S/c1-15-9-19(30)5-6-20(15)21-13-23(39-7-8-43-25(41)24(39)40)37-14-22(21)38(4)26(42)27(2,3)16-10-17(28(31,32)33)12-18(11-16)29(34,35)36/h5-6,9-14H,7-8H2,1-4H3. The second-order valence-electron chi connectivity index (χ2n) is 10.4. The van der Waals surface area contributed by atoms with Crippen molar-refractivity contribution in [1.29, 1.82) is 0 Å². The van der Waals surface area contributed by atoms with Crippen molar-refractivity contribution in [2.75, 3.05) is 29.1 Å². The molecule has 0 atom stereocenters. The molecule has 2 amide bonds. The van der Waals surface area contributed by atoms with E-state index in [1.165, 1.54) is 45.3 Å². The number of aromatic nitrogens is 1. The molecule has 1 saturated heterocycles. The van der Waals surface area contributed by atoms with Crippen LogP contribution in [0.3, 0.4) is 0 Å². The van der Waals surface area contributed by atoms with Gasteiger partial charge in [-0.2, -0.15) is 26.3 Å². The molecule has 2 heterocycles. The minimum absolute atomic E-state index is 0.0169. The quantitative estimate of drug-likeness (QED) is 0.231. The van der Waals surface area contributed by atoms with E-state index in [4.69, 9.17) is 0 Å². The van der Waals surface area contributed by atoms with E-state index < -0.39 is 57.2 Å². The van der Waals surface area contributed by atoms with Gasteiger partial charge in [0.2, 0.25) is 5.91 Å². The minimum Gasteiger partial charge on any atom is -0.313 e. The fourth-order valence-corrected chi connectivity index (χ4v) is 5.38. The molecular weight excluding hydrogens is 603 g/mol. The first-order valence-corrected chi connectivity index (χ1v) is 13.6. The summed E-state index contributed by atoms with van der Waals surface area (Å²) in [5.41, 5.74) is -4.40. The lowest BCUT2D eigenvalue weighted by Crippen LogP contribution is -2.43. The van der Waals surface area contributed by atoms with Gasteiger partial charge in [0.05, 0.1) is 28.4 Å². The molecule has 0 unspecified atom stereocenters. The van der Waals surface area contributed by atoms with Crippen LogP contribution in [0, 0.1) is 12.7 Å². The Labute approximate surface area is 245 Å². The van der Waals surface area contributed by atoms with Crippen LogP contribution in [0.5, 0.6) is 0 Å². The maximum Gasteiger partial charge on any atom is 0.416 e. The molecule has 14 heteroatoms. The lowest BCUT2D eigenvalue weighted by atomic mass is 9.81. The largest absolute Gasteiger partial charge is 0.416 e. The van der Waals surface area contributed by atoms with Crippen molar-refractivity contribution in [1.82, 2.24) is 4.98 Å². The van der Waals surface area contributed by atoms with Gasteiger partial charge in [-0.1, -0.05) is 17.8 Å². The van der Waals surface area contributed by atoms with Crippen molar-refractivity contribution in [2.45, 2.75) is 38.5 Å². The van der Waals surface area contributed by atoms with Gasteiger partial charge in [0.25, 0.3) is 5.12 Å². The van der Waals surface area contributed by atoms with Crippen molar-refractivity contribution in [3.05, 3.63) is 76.7 Å². The summed E-state index contributed by atoms with van der Waals surface area (Å²) in [4.78, 5) is 44.8. The lowest BCUT2D eigenvalue weighted by Gasteiger charge is -2.32. The number of anilines is 2. The van der Waals surface area contributed by atoms with Crippen LogP contribution in [0.25, 0.3) is 11.1 Å². The van der Waals surface area contributed by atoms with Gasteiger partial charge in [-0.3, -0.25) is 19.3 Å². The molecule has 1 aliphatic heterocycles. The fourth-order valence-electron chi connectivity index (χ4n) is 4.69. The van der Waals surface area contributed by atoms with E-state index in [-0.39, 0.29) is 29.7 Å². The zero-order valence-electron chi connectivity index (χ0n) is 23.2. The highest BCUT2D eigenvalue weighted by Gasteiger charge is 2.41. The molecule has 2 aromatic carbocycles. The van der Waals surface area contributed by atoms with Gasteiger partial charge < -0.3 is 4.90 Å². The third-order valence-electron chi connectivity index (χ3n) is 7.10. The number of amides is 2. The molecule has 6 nitrogen and oxygen atoms in total. The lowest BCUT2D eigenvalue weighted by molar-refractivity contribution is -0.143. The van der Waals surface area contributed by atoms with Crippen molar-refractivity contribution in [2.24, 2.45) is 0 Å². The average Bonchev–Trinajstić information content (AvgIpc) is 2.92. The van der Waals surface area contributed by atoms with Crippen LogP contribution in [-0.4, -0.2) is 41.3 Å². The SMILES string of the molecule is Cc1cc(F)ccc1-c1cc(N2CCSC(=O)C2=O)ncc1N(C)C(=O)C(C)(C)c1cc(C(F)(F)F)cc(C(F)(F)F)c1. The van der Waals surface area contributed by atoms with Gasteiger partial charge in [0.15, 0.2) is 0 Å². The molecular formula is C29H24F7N3O3S. The van der Waals surface area contributed by atoms with Crippen molar-refractivity contribution in [3.63, 3.8) is 0 Å². The number of carbonyl (C=O) groups is 3. The number of carbonyl (C=O) groups excluding carboxylic acids is 3. The first-order chi connectivity index (χ1) is 19.8. The van der Waals surface area contributed by atoms with Crippen LogP contribution in [0.15, 0.2) is 48.7 Å². The van der Waals surface area contributed by atoms with Crippen molar-refractivity contribution in [3.8, 4) is 11.1 Å². The summed E-state index contributed by atoms with van der Waals surface area (Å²) in [5.74, 6) is -1.87. The summed E-state index contributed by atoms with van der Waals surface area (Å²) in [6.45, 7) is 4.13. The number of alkyl halides is 6. The van der Waals surface area contributed by atoms with Gasteiger partial charge >= 0.3 is 18.3 Å². The Morgan fingerprint density at radius 1 is 0.907 bits per heavy atom. The van der Waals surface area contributed by atoms with Crippen LogP contribution in [-0.2, 0) is 32.2 Å². The number of likely N-dealkylation sites (N-methyl/N-ethyl adjacent to an activating group) is 1. The minimum atomic E-state index is -5.11. The number of hydrogen-bond donors (Lipinski definition) is 0. The Kier molecular flexibility index (Phi) is 8.39. The average molecular weight is 628 g/mol. The topological polar surface area (TPSA) is 70.6 Å². The molecule has 1 aliphatic rings. The second kappa shape index (κ2) is 11.3. The summed E-state index contributed by atoms with van der Waals surface area (Å²) in [6.07, 6.45) is -9.02. The summed E-state index contributed by atoms with van der Waals surface area (Å²) < 4.78 is 95.3. The van der Waals surface area contributed by atoms with Gasteiger partial charge in [-0.15, -0.1) is 0 Å². The number of thioether (sulfide) groups is 1. The van der Waals surface area contributed by atoms with Crippen LogP contribution in [0.4, 0.5) is 42.2 Å². The zero-order chi connectivity index (χ0) is 32.1. The Hall–Kier alpha value is -3.94. The predicted molar refractivity (Wildman–Crippen MR) is 147 cm³/mol. The number of halogens is 7. The number of aryl methyl sites for hydroxylation is 1. The van der Waals surface area contributed by atoms with Gasteiger partial charge in [-0.05, 0) is 73.9 Å². The summed E-state index contributed by atoms with van der Waals surface area (Å²) in [6, 6.07) is 6.20. The van der Waals surface area contributed by atoms with E-state index in [1.807, 2.05) is 0 Å². The van der Waals surface area contributed by atoms with Crippen LogP contribution < -0.4 is 9.80 Å². The van der Waals surface area contributed by atoms with E-state index in [1.54, 1.807) is 6.92 Å². The Balaban J connectivity index is 1.85. The zero-order valence-corrected chi connectivity index (χ0v) is 24.0. The maximum absolute atomic E-state index is 14.0. The van der Waals surface area contributed by atoms with Crippen LogP contribution in [0.1, 0.15) is 36.1 Å². The smallest absolute Gasteiger partial charge is 0.313 e. The Morgan fingerprint density at radius 3 is 2.05 bits per heavy atom. The molecule has 4 rings (SSSR count). The van der Waals surface area contributed by atoms with Crippen LogP contribution >= 0.6 is 11.8 Å². The third-order valence-corrected chi connectivity index (χ3v) is 7.93. The first kappa shape index (κ1) is 32.0. The molecule has 228 valence electrons. The first-order valence-electron chi connectivity index (χ1n) is 12.7. The van der Waals surface area contributed by atoms with Gasteiger partial charge in [0.1, 0.15) is 11.6 Å². The molecule has 0 spiro atoms. The maximum atomic E-state index is 14.0. The summed E-state index contributed by atoms with van der Waals surface area (Å²) in [7, 11) is 1.27. The van der Waals surface area contributed by atoms with E-state index in [0.29, 0.717) is 29.0 Å². The molecule has 0 aliphatic carbocycles. The second-order valence-corrected chi connectivity index (χ2v) is 11.5. The fraction of sp³-hybridized carbons (Fsp3) is 0.310. The van der Waals surface area contributed by atoms with Crippen molar-refractivity contribution >= 4 is 40.2 Å². The van der Waals surface area contributed by atoms with E-state index in [9.17, 15) is 45.1 Å². The molecule has 1 aromatic heterocycles. The molecule has 43 heavy (non-hydrogen) atoms. The highest BCUT2D eigenvalue weighted by molar-refractivity contribution is 8.15. The number of pyridine rings is 1. The van der Waals surface area contributed by atoms with Crippen LogP contribution in [0.2, 0.25) is 0 Å². The molecule has 0 saturated carbocycles. The van der Waals surface area contributed by atoms with Gasteiger partial charge in [0, 0.05) is 24.9 Å². The van der Waals surface area contributed by atoms with E-state index >= 15 is 0 Å². The normalized spacial score (nSPS) is 14.7. The van der Waals surface area contributed by atoms with E-state index in [2.05, 4.69) is 4.98 Å². The molecule has 0 N–H and O–H groups in total. The molecule has 3 aromatic rings. The highest BCUT2D eigenvalue weighted by Crippen LogP contribution is 2.41. The summed E-state index contributed by atoms with van der Waals surface area (Å²) in [5, 5.41) is -0.690. The third kappa shape index (κ3) is 6.38. The number of nitrogens with zero attached hydrogens (tertiary/aromatic N) is 3. The number of rotatable bonds is 5. The number of hydrogen-bond acceptors (Lipinski definition) is 5. The van der Waals surface area contributed by atoms with Gasteiger partial charge in [-0.25, -0.2) is 9.37 Å². The summed E-state index contributed by atoms with van der Waals surface area (Å²) >= 11 is 0.853.